The second-order valence-electron chi connectivity index (χ2n) is 19.9. The first-order chi connectivity index (χ1) is 34.5. The number of nitrogens with zero attached hydrogens (tertiary/aromatic N) is 3. The molecule has 0 radical (unpaired) electrons. The van der Waals surface area contributed by atoms with E-state index in [1.807, 2.05) is 12.1 Å². The van der Waals surface area contributed by atoms with Gasteiger partial charge in [0.25, 0.3) is 0 Å². The zero-order valence-electron chi connectivity index (χ0n) is 48.4. The number of imidazole rings is 1. The van der Waals surface area contributed by atoms with Crippen molar-refractivity contribution in [1.82, 2.24) is 14.5 Å². The van der Waals surface area contributed by atoms with Crippen molar-refractivity contribution < 1.29 is 17.4 Å². The Kier molecular flexibility index (Phi) is 9.32. The van der Waals surface area contributed by atoms with Crippen LogP contribution in [0.5, 0.6) is 5.75 Å². The van der Waals surface area contributed by atoms with Gasteiger partial charge in [-0.1, -0.05) is 175 Å². The molecular formula is C61H67N3O. The van der Waals surface area contributed by atoms with Gasteiger partial charge in [-0.05, 0) is 133 Å². The summed E-state index contributed by atoms with van der Waals surface area (Å²) in [5.41, 5.74) is 10.4. The summed E-state index contributed by atoms with van der Waals surface area (Å²) >= 11 is 0. The lowest BCUT2D eigenvalue weighted by Gasteiger charge is -2.26. The lowest BCUT2D eigenvalue weighted by atomic mass is 9.81. The van der Waals surface area contributed by atoms with Crippen LogP contribution in [-0.2, 0) is 16.2 Å². The van der Waals surface area contributed by atoms with E-state index >= 15 is 0 Å². The van der Waals surface area contributed by atoms with Crippen molar-refractivity contribution in [1.29, 1.82) is 0 Å². The zero-order valence-corrected chi connectivity index (χ0v) is 39.4. The molecule has 0 aliphatic carbocycles. The largest absolute Gasteiger partial charge is 0.507 e. The molecule has 0 aliphatic heterocycles. The average Bonchev–Trinajstić information content (AvgIpc) is 3.72. The summed E-state index contributed by atoms with van der Waals surface area (Å²) in [6.07, 6.45) is 2.65. The van der Waals surface area contributed by atoms with Gasteiger partial charge in [-0.25, -0.2) is 4.98 Å². The predicted molar refractivity (Wildman–Crippen MR) is 277 cm³/mol. The van der Waals surface area contributed by atoms with E-state index in [0.717, 1.165) is 67.6 Å². The summed E-state index contributed by atoms with van der Waals surface area (Å²) in [5.74, 6) is 1.06. The van der Waals surface area contributed by atoms with Gasteiger partial charge in [0.15, 0.2) is 0 Å². The maximum absolute atomic E-state index is 12.4. The van der Waals surface area contributed by atoms with E-state index in [2.05, 4.69) is 165 Å². The molecule has 0 fully saturated rings. The van der Waals surface area contributed by atoms with Crippen LogP contribution < -0.4 is 0 Å². The maximum atomic E-state index is 12.4. The van der Waals surface area contributed by atoms with Crippen LogP contribution in [0.25, 0.3) is 72.7 Å². The van der Waals surface area contributed by atoms with Crippen molar-refractivity contribution in [3.8, 4) is 67.5 Å². The standard InChI is InChI=1S/C61H67N3O/c1-14-61(12,13)47-27-28-54(51(37-47)41-19-16-15-17-20-41)64-55-22-18-21-49(56(55)63-58(64)52-35-43(38(2)3)34-50(39(4)5)57(52)65)44-31-45(33-48(32-44)60(9,10)11)53-36-42(29-30-62-53)40-23-25-46(26-24-40)59(6,7)8/h15-39,65H,14H2,1-13H3/i6D3,7D3,8D3. The van der Waals surface area contributed by atoms with E-state index in [9.17, 15) is 5.11 Å². The van der Waals surface area contributed by atoms with E-state index in [1.54, 1.807) is 24.4 Å². The minimum Gasteiger partial charge on any atom is -0.507 e. The number of aromatic hydroxyl groups is 1. The second kappa shape index (κ2) is 17.3. The number of aromatic nitrogens is 3. The van der Waals surface area contributed by atoms with Crippen molar-refractivity contribution in [3.63, 3.8) is 0 Å². The lowest BCUT2D eigenvalue weighted by Crippen LogP contribution is -2.16. The Bertz CT molecular complexity index is 3320. The number of benzene rings is 6. The molecule has 0 unspecified atom stereocenters. The molecule has 2 aromatic heterocycles. The third kappa shape index (κ3) is 8.93. The number of fused-ring (bicyclic) bond motifs is 1. The van der Waals surface area contributed by atoms with E-state index in [-0.39, 0.29) is 34.0 Å². The fourth-order valence-corrected chi connectivity index (χ4v) is 8.63. The molecule has 0 spiro atoms. The Balaban J connectivity index is 1.36. The highest BCUT2D eigenvalue weighted by atomic mass is 16.3. The molecule has 0 bridgehead atoms. The Hall–Kier alpha value is -6.26. The van der Waals surface area contributed by atoms with Crippen molar-refractivity contribution in [3.05, 3.63) is 167 Å². The summed E-state index contributed by atoms with van der Waals surface area (Å²) in [4.78, 5) is 10.5. The van der Waals surface area contributed by atoms with Gasteiger partial charge < -0.3 is 5.11 Å². The molecule has 0 aliphatic rings. The Morgan fingerprint density at radius 2 is 1.29 bits per heavy atom. The highest BCUT2D eigenvalue weighted by Gasteiger charge is 2.27. The van der Waals surface area contributed by atoms with E-state index < -0.39 is 26.0 Å². The molecule has 0 saturated carbocycles. The van der Waals surface area contributed by atoms with Crippen molar-refractivity contribution in [2.75, 3.05) is 0 Å². The van der Waals surface area contributed by atoms with Crippen LogP contribution in [0.15, 0.2) is 140 Å². The minimum absolute atomic E-state index is 0.0464. The lowest BCUT2D eigenvalue weighted by molar-refractivity contribution is 0.466. The molecule has 6 aromatic carbocycles. The molecule has 4 nitrogen and oxygen atoms in total. The summed E-state index contributed by atoms with van der Waals surface area (Å²) in [5, 5.41) is 12.4. The molecule has 4 heteroatoms. The third-order valence-electron chi connectivity index (χ3n) is 13.2. The van der Waals surface area contributed by atoms with Gasteiger partial charge in [0.05, 0.1) is 28.0 Å². The number of hydrogen-bond donors (Lipinski definition) is 1. The van der Waals surface area contributed by atoms with Gasteiger partial charge in [-0.3, -0.25) is 9.55 Å². The quantitative estimate of drug-likeness (QED) is 0.149. The molecule has 332 valence electrons. The number of rotatable bonds is 10. The normalized spacial score (nSPS) is 15.1. The smallest absolute Gasteiger partial charge is 0.149 e. The molecule has 2 heterocycles. The van der Waals surface area contributed by atoms with Crippen LogP contribution in [0.3, 0.4) is 0 Å². The first kappa shape index (κ1) is 35.1. The number of pyridine rings is 1. The van der Waals surface area contributed by atoms with E-state index in [0.29, 0.717) is 28.2 Å². The van der Waals surface area contributed by atoms with Gasteiger partial charge in [-0.15, -0.1) is 0 Å². The molecule has 0 saturated heterocycles. The summed E-state index contributed by atoms with van der Waals surface area (Å²) < 4.78 is 76.2. The zero-order chi connectivity index (χ0) is 54.1. The predicted octanol–water partition coefficient (Wildman–Crippen LogP) is 17.0. The van der Waals surface area contributed by atoms with Gasteiger partial charge >= 0.3 is 0 Å². The van der Waals surface area contributed by atoms with Crippen molar-refractivity contribution in [2.24, 2.45) is 0 Å². The second-order valence-corrected chi connectivity index (χ2v) is 19.9. The van der Waals surface area contributed by atoms with Gasteiger partial charge in [0.1, 0.15) is 11.6 Å². The maximum Gasteiger partial charge on any atom is 0.149 e. The van der Waals surface area contributed by atoms with Crippen LogP contribution in [0.2, 0.25) is 0 Å². The third-order valence-corrected chi connectivity index (χ3v) is 13.2. The van der Waals surface area contributed by atoms with Crippen LogP contribution in [-0.4, -0.2) is 19.6 Å². The summed E-state index contributed by atoms with van der Waals surface area (Å²) in [6.45, 7) is 11.7. The number of hydrogen-bond acceptors (Lipinski definition) is 3. The first-order valence-corrected chi connectivity index (χ1v) is 22.8. The van der Waals surface area contributed by atoms with E-state index in [4.69, 9.17) is 22.3 Å². The van der Waals surface area contributed by atoms with Crippen LogP contribution in [0.1, 0.15) is 148 Å². The molecule has 1 N–H and O–H groups in total. The van der Waals surface area contributed by atoms with E-state index in [1.165, 1.54) is 17.7 Å². The molecular weight excluding hydrogens is 791 g/mol. The summed E-state index contributed by atoms with van der Waals surface area (Å²) in [7, 11) is 0. The van der Waals surface area contributed by atoms with Crippen molar-refractivity contribution in [2.45, 2.75) is 124 Å². The Morgan fingerprint density at radius 1 is 0.585 bits per heavy atom. The Morgan fingerprint density at radius 3 is 1.95 bits per heavy atom. The number of phenols is 1. The fourth-order valence-electron chi connectivity index (χ4n) is 8.63. The van der Waals surface area contributed by atoms with Gasteiger partial charge in [-0.2, -0.15) is 0 Å². The SMILES string of the molecule is [2H]C([2H])([2H])C(c1ccc(-c2ccnc(-c3cc(-c4cccc5c4nc(-c4cc(C(C)C)cc(C(C)C)c4O)n5-c4ccc(C(C)(C)CC)cc4-c4ccccc4)cc(C(C)(C)C)c3)c2)cc1)(C([2H])([2H])[2H])C([2H])([2H])[2H]. The number of phenolic OH excluding ortho intramolecular Hbond substituents is 1. The molecule has 65 heavy (non-hydrogen) atoms. The monoisotopic (exact) mass is 867 g/mol. The Labute approximate surface area is 401 Å². The highest BCUT2D eigenvalue weighted by Crippen LogP contribution is 2.45. The molecule has 8 aromatic rings. The fraction of sp³-hybridized carbons (Fsp3) is 0.311. The van der Waals surface area contributed by atoms with Crippen LogP contribution >= 0.6 is 0 Å². The van der Waals surface area contributed by atoms with Crippen LogP contribution in [0, 0.1) is 0 Å². The van der Waals surface area contributed by atoms with Crippen LogP contribution in [0.4, 0.5) is 0 Å². The molecule has 0 atom stereocenters. The van der Waals surface area contributed by atoms with Crippen molar-refractivity contribution >= 4 is 11.0 Å². The van der Waals surface area contributed by atoms with Gasteiger partial charge in [0.2, 0.25) is 0 Å². The average molecular weight is 867 g/mol. The minimum atomic E-state index is -3.37. The molecule has 8 rings (SSSR count). The molecule has 0 amide bonds. The summed E-state index contributed by atoms with van der Waals surface area (Å²) in [6, 6.07) is 43.6. The highest BCUT2D eigenvalue weighted by molar-refractivity contribution is 5.98. The van der Waals surface area contributed by atoms with Gasteiger partial charge in [0, 0.05) is 35.2 Å². The number of para-hydroxylation sites is 1. The first-order valence-electron chi connectivity index (χ1n) is 27.3. The topological polar surface area (TPSA) is 50.9 Å².